The topological polar surface area (TPSA) is 58.2 Å². The third kappa shape index (κ3) is 3.56. The molecular formula is C14H20N2O2S. The Labute approximate surface area is 117 Å². The summed E-state index contributed by atoms with van der Waals surface area (Å²) in [4.78, 5) is 24.5. The molecule has 1 saturated heterocycles. The predicted octanol–water partition coefficient (Wildman–Crippen LogP) is 2.09. The van der Waals surface area contributed by atoms with Crippen LogP contribution in [0.5, 0.6) is 0 Å². The van der Waals surface area contributed by atoms with Crippen molar-refractivity contribution in [3.8, 4) is 0 Å². The minimum Gasteiger partial charge on any atom is -0.355 e. The Bertz CT molecular complexity index is 432. The van der Waals surface area contributed by atoms with Gasteiger partial charge in [-0.05, 0) is 23.8 Å². The van der Waals surface area contributed by atoms with Gasteiger partial charge < -0.3 is 10.6 Å². The first-order chi connectivity index (χ1) is 9.08. The van der Waals surface area contributed by atoms with Crippen LogP contribution in [0.25, 0.3) is 0 Å². The molecule has 104 valence electrons. The lowest BCUT2D eigenvalue weighted by molar-refractivity contribution is -0.129. The molecule has 0 saturated carbocycles. The van der Waals surface area contributed by atoms with Gasteiger partial charge in [0, 0.05) is 17.8 Å². The highest BCUT2D eigenvalue weighted by Crippen LogP contribution is 2.26. The van der Waals surface area contributed by atoms with E-state index in [9.17, 15) is 9.59 Å². The summed E-state index contributed by atoms with van der Waals surface area (Å²) in [7, 11) is 0. The van der Waals surface area contributed by atoms with Gasteiger partial charge in [0.1, 0.15) is 0 Å². The van der Waals surface area contributed by atoms with Crippen LogP contribution in [0.4, 0.5) is 0 Å². The number of hydrogen-bond acceptors (Lipinski definition) is 3. The van der Waals surface area contributed by atoms with E-state index < -0.39 is 0 Å². The highest BCUT2D eigenvalue weighted by atomic mass is 32.1. The van der Waals surface area contributed by atoms with E-state index in [1.807, 2.05) is 11.4 Å². The zero-order chi connectivity index (χ0) is 13.8. The summed E-state index contributed by atoms with van der Waals surface area (Å²) in [5.41, 5.74) is 0. The number of rotatable bonds is 4. The Morgan fingerprint density at radius 1 is 1.53 bits per heavy atom. The molecule has 19 heavy (non-hydrogen) atoms. The molecule has 4 nitrogen and oxygen atoms in total. The second-order valence-corrected chi connectivity index (χ2v) is 6.26. The van der Waals surface area contributed by atoms with Crippen LogP contribution in [-0.2, 0) is 9.59 Å². The first-order valence-corrected chi connectivity index (χ1v) is 7.56. The largest absolute Gasteiger partial charge is 0.355 e. The molecule has 2 unspecified atom stereocenters. The first-order valence-electron chi connectivity index (χ1n) is 6.68. The molecule has 1 aliphatic rings. The number of hydrogen-bond donors (Lipinski definition) is 2. The number of thiophene rings is 1. The minimum absolute atomic E-state index is 0.0442. The molecule has 2 heterocycles. The smallest absolute Gasteiger partial charge is 0.225 e. The van der Waals surface area contributed by atoms with Crippen molar-refractivity contribution in [2.75, 3.05) is 6.54 Å². The summed E-state index contributed by atoms with van der Waals surface area (Å²) >= 11 is 1.66. The first kappa shape index (κ1) is 14.1. The Hall–Kier alpha value is -1.36. The standard InChI is InChI=1S/C14H20N2O2S/c1-9(2)13(11-4-3-7-19-11)16-14(18)10-5-6-12(17)15-8-10/h3-4,7,9-10,13H,5-6,8H2,1-2H3,(H,15,17)(H,16,18). The normalized spacial score (nSPS) is 21.0. The molecule has 1 aromatic heterocycles. The van der Waals surface area contributed by atoms with E-state index in [0.29, 0.717) is 25.3 Å². The van der Waals surface area contributed by atoms with Crippen LogP contribution < -0.4 is 10.6 Å². The lowest BCUT2D eigenvalue weighted by atomic mass is 9.96. The highest BCUT2D eigenvalue weighted by Gasteiger charge is 2.27. The predicted molar refractivity (Wildman–Crippen MR) is 75.8 cm³/mol. The van der Waals surface area contributed by atoms with Crippen molar-refractivity contribution in [1.82, 2.24) is 10.6 Å². The quantitative estimate of drug-likeness (QED) is 0.887. The van der Waals surface area contributed by atoms with E-state index >= 15 is 0 Å². The Morgan fingerprint density at radius 2 is 2.32 bits per heavy atom. The van der Waals surface area contributed by atoms with Gasteiger partial charge in [0.05, 0.1) is 12.0 Å². The summed E-state index contributed by atoms with van der Waals surface area (Å²) in [5, 5.41) is 7.90. The lowest BCUT2D eigenvalue weighted by Crippen LogP contribution is -2.44. The van der Waals surface area contributed by atoms with Crippen LogP contribution >= 0.6 is 11.3 Å². The van der Waals surface area contributed by atoms with E-state index in [0.717, 1.165) is 0 Å². The second kappa shape index (κ2) is 6.19. The highest BCUT2D eigenvalue weighted by molar-refractivity contribution is 7.10. The fourth-order valence-electron chi connectivity index (χ4n) is 2.26. The summed E-state index contributed by atoms with van der Waals surface area (Å²) in [6.07, 6.45) is 1.09. The van der Waals surface area contributed by atoms with Gasteiger partial charge in [0.25, 0.3) is 0 Å². The van der Waals surface area contributed by atoms with Crippen molar-refractivity contribution in [3.63, 3.8) is 0 Å². The molecule has 2 atom stereocenters. The van der Waals surface area contributed by atoms with Crippen LogP contribution in [0.15, 0.2) is 17.5 Å². The summed E-state index contributed by atoms with van der Waals surface area (Å²) in [6, 6.07) is 4.12. The van der Waals surface area contributed by atoms with Gasteiger partial charge in [-0.1, -0.05) is 19.9 Å². The van der Waals surface area contributed by atoms with Gasteiger partial charge in [-0.2, -0.15) is 0 Å². The van der Waals surface area contributed by atoms with E-state index in [4.69, 9.17) is 0 Å². The molecule has 1 fully saturated rings. The van der Waals surface area contributed by atoms with Gasteiger partial charge in [0.15, 0.2) is 0 Å². The monoisotopic (exact) mass is 280 g/mol. The fraction of sp³-hybridized carbons (Fsp3) is 0.571. The van der Waals surface area contributed by atoms with Gasteiger partial charge in [-0.3, -0.25) is 9.59 Å². The van der Waals surface area contributed by atoms with Crippen LogP contribution in [0.3, 0.4) is 0 Å². The molecular weight excluding hydrogens is 260 g/mol. The third-order valence-corrected chi connectivity index (χ3v) is 4.41. The van der Waals surface area contributed by atoms with Crippen molar-refractivity contribution in [3.05, 3.63) is 22.4 Å². The lowest BCUT2D eigenvalue weighted by Gasteiger charge is -2.26. The van der Waals surface area contributed by atoms with Crippen LogP contribution in [0, 0.1) is 11.8 Å². The molecule has 1 aliphatic heterocycles. The van der Waals surface area contributed by atoms with Crippen LogP contribution in [0.2, 0.25) is 0 Å². The Balaban J connectivity index is 1.98. The fourth-order valence-corrected chi connectivity index (χ4v) is 3.21. The second-order valence-electron chi connectivity index (χ2n) is 5.29. The zero-order valence-electron chi connectivity index (χ0n) is 11.3. The molecule has 0 radical (unpaired) electrons. The average molecular weight is 280 g/mol. The van der Waals surface area contributed by atoms with Crippen molar-refractivity contribution in [2.24, 2.45) is 11.8 Å². The number of carbonyl (C=O) groups excluding carboxylic acids is 2. The number of nitrogens with one attached hydrogen (secondary N) is 2. The van der Waals surface area contributed by atoms with Crippen molar-refractivity contribution < 1.29 is 9.59 Å². The third-order valence-electron chi connectivity index (χ3n) is 3.45. The van der Waals surface area contributed by atoms with Crippen molar-refractivity contribution >= 4 is 23.2 Å². The van der Waals surface area contributed by atoms with Crippen molar-refractivity contribution in [1.29, 1.82) is 0 Å². The summed E-state index contributed by atoms with van der Waals surface area (Å²) < 4.78 is 0. The maximum atomic E-state index is 12.3. The molecule has 2 N–H and O–H groups in total. The number of amides is 2. The van der Waals surface area contributed by atoms with Crippen LogP contribution in [0.1, 0.15) is 37.6 Å². The maximum absolute atomic E-state index is 12.3. The van der Waals surface area contributed by atoms with E-state index in [1.165, 1.54) is 4.88 Å². The van der Waals surface area contributed by atoms with E-state index in [1.54, 1.807) is 11.3 Å². The maximum Gasteiger partial charge on any atom is 0.225 e. The van der Waals surface area contributed by atoms with Gasteiger partial charge >= 0.3 is 0 Å². The molecule has 0 spiro atoms. The number of piperidine rings is 1. The molecule has 5 heteroatoms. The molecule has 1 aromatic rings. The summed E-state index contributed by atoms with van der Waals surface area (Å²) in [5.74, 6) is 0.342. The van der Waals surface area contributed by atoms with E-state index in [-0.39, 0.29) is 23.8 Å². The SMILES string of the molecule is CC(C)C(NC(=O)C1CCC(=O)NC1)c1cccs1. The molecule has 2 amide bonds. The molecule has 2 rings (SSSR count). The Morgan fingerprint density at radius 3 is 2.84 bits per heavy atom. The summed E-state index contributed by atoms with van der Waals surface area (Å²) in [6.45, 7) is 4.67. The van der Waals surface area contributed by atoms with Gasteiger partial charge in [-0.15, -0.1) is 11.3 Å². The molecule has 0 aliphatic carbocycles. The molecule has 0 aromatic carbocycles. The van der Waals surface area contributed by atoms with Crippen molar-refractivity contribution in [2.45, 2.75) is 32.7 Å². The van der Waals surface area contributed by atoms with Gasteiger partial charge in [0.2, 0.25) is 11.8 Å². The zero-order valence-corrected chi connectivity index (χ0v) is 12.1. The molecule has 0 bridgehead atoms. The van der Waals surface area contributed by atoms with E-state index in [2.05, 4.69) is 30.5 Å². The minimum atomic E-state index is -0.0982. The van der Waals surface area contributed by atoms with Gasteiger partial charge in [-0.25, -0.2) is 0 Å². The van der Waals surface area contributed by atoms with Crippen LogP contribution in [-0.4, -0.2) is 18.4 Å². The number of carbonyl (C=O) groups is 2. The average Bonchev–Trinajstić information content (AvgIpc) is 2.89. The Kier molecular flexibility index (Phi) is 4.58.